The fraction of sp³-hybridized carbons (Fsp3) is 0.0750. The van der Waals surface area contributed by atoms with Crippen LogP contribution in [0.2, 0.25) is 0 Å². The van der Waals surface area contributed by atoms with Crippen LogP contribution in [0.4, 0.5) is 34.1 Å². The summed E-state index contributed by atoms with van der Waals surface area (Å²) in [6.07, 6.45) is 0. The first kappa shape index (κ1) is 49.1. The molecule has 2 nitrogen and oxygen atoms in total. The summed E-state index contributed by atoms with van der Waals surface area (Å²) >= 11 is 0. The van der Waals surface area contributed by atoms with Gasteiger partial charge in [0.25, 0.3) is 0 Å². The maximum Gasteiger partial charge on any atom is 0.180 e. The topological polar surface area (TPSA) is 6.48 Å². The van der Waals surface area contributed by atoms with Crippen molar-refractivity contribution >= 4 is 113 Å². The van der Waals surface area contributed by atoms with Crippen LogP contribution in [0.5, 0.6) is 0 Å². The minimum atomic E-state index is -2.77. The number of fused-ring (bicyclic) bond motifs is 12. The number of para-hydroxylation sites is 2. The van der Waals surface area contributed by atoms with E-state index in [2.05, 4.69) is 329 Å². The molecule has 4 aliphatic rings. The highest BCUT2D eigenvalue weighted by atomic mass is 28.3. The molecule has 4 heterocycles. The zero-order chi connectivity index (χ0) is 56.1. The SMILES string of the molecule is CC1(C)c2ccccc2N(c2ccc3cc4cc(N5c6ccccc6C(C)(C)c6cc7c(cc65)[Si](c5ccccc5)(c5ccccc5)c5ccccc5-7)ccc4cc3c2)c2cc3c(cc21)-c1ccccc1[Si]3(c1ccccc1)c1ccccc1. The summed E-state index contributed by atoms with van der Waals surface area (Å²) in [5, 5.41) is 16.3. The molecule has 84 heavy (non-hydrogen) atoms. The van der Waals surface area contributed by atoms with Gasteiger partial charge < -0.3 is 9.80 Å². The van der Waals surface area contributed by atoms with Gasteiger partial charge in [0.05, 0.1) is 22.7 Å². The van der Waals surface area contributed by atoms with Crippen molar-refractivity contribution in [1.82, 2.24) is 0 Å². The molecule has 17 rings (SSSR count). The van der Waals surface area contributed by atoms with E-state index in [1.54, 1.807) is 0 Å². The van der Waals surface area contributed by atoms with Gasteiger partial charge in [-0.15, -0.1) is 0 Å². The molecule has 13 aromatic rings. The first-order valence-electron chi connectivity index (χ1n) is 29.7. The maximum absolute atomic E-state index is 2.77. The fourth-order valence-electron chi connectivity index (χ4n) is 16.1. The molecule has 0 amide bonds. The molecule has 0 bridgehead atoms. The highest BCUT2D eigenvalue weighted by molar-refractivity contribution is 7.23. The van der Waals surface area contributed by atoms with E-state index in [1.165, 1.54) is 130 Å². The molecule has 0 N–H and O–H groups in total. The van der Waals surface area contributed by atoms with Crippen molar-refractivity contribution in [2.75, 3.05) is 9.80 Å². The molecule has 0 unspecified atom stereocenters. The van der Waals surface area contributed by atoms with Gasteiger partial charge >= 0.3 is 0 Å². The molecule has 4 aliphatic heterocycles. The van der Waals surface area contributed by atoms with E-state index >= 15 is 0 Å². The lowest BCUT2D eigenvalue weighted by Gasteiger charge is -2.43. The highest BCUT2D eigenvalue weighted by Gasteiger charge is 2.52. The largest absolute Gasteiger partial charge is 0.310 e. The Morgan fingerprint density at radius 2 is 0.571 bits per heavy atom. The summed E-state index contributed by atoms with van der Waals surface area (Å²) in [7, 11) is -5.55. The predicted molar refractivity (Wildman–Crippen MR) is 360 cm³/mol. The number of hydrogen-bond acceptors (Lipinski definition) is 2. The van der Waals surface area contributed by atoms with Gasteiger partial charge in [0, 0.05) is 22.2 Å². The van der Waals surface area contributed by atoms with Gasteiger partial charge in [-0.05, 0) is 180 Å². The molecular formula is C80H60N2Si2. The van der Waals surface area contributed by atoms with E-state index in [0.717, 1.165) is 11.4 Å². The quantitative estimate of drug-likeness (QED) is 0.121. The molecule has 398 valence electrons. The van der Waals surface area contributed by atoms with Gasteiger partial charge in [0.1, 0.15) is 0 Å². The van der Waals surface area contributed by atoms with Crippen LogP contribution in [-0.2, 0) is 10.8 Å². The molecule has 0 radical (unpaired) electrons. The van der Waals surface area contributed by atoms with E-state index in [0.29, 0.717) is 0 Å². The minimum absolute atomic E-state index is 0.255. The second kappa shape index (κ2) is 18.0. The van der Waals surface area contributed by atoms with Gasteiger partial charge in [-0.1, -0.05) is 246 Å². The van der Waals surface area contributed by atoms with Crippen LogP contribution in [0.25, 0.3) is 43.8 Å². The summed E-state index contributed by atoms with van der Waals surface area (Å²) in [4.78, 5) is 5.16. The van der Waals surface area contributed by atoms with Gasteiger partial charge in [0.2, 0.25) is 0 Å². The summed E-state index contributed by atoms with van der Waals surface area (Å²) in [6, 6.07) is 112. The maximum atomic E-state index is 2.62. The Balaban J connectivity index is 0.834. The van der Waals surface area contributed by atoms with Crippen LogP contribution in [0, 0.1) is 0 Å². The van der Waals surface area contributed by atoms with Gasteiger partial charge in [-0.2, -0.15) is 0 Å². The second-order valence-corrected chi connectivity index (χ2v) is 32.2. The normalized spacial score (nSPS) is 15.7. The predicted octanol–water partition coefficient (Wildman–Crippen LogP) is 14.9. The Labute approximate surface area is 494 Å². The number of rotatable bonds is 6. The average molecular weight is 1110 g/mol. The van der Waals surface area contributed by atoms with E-state index in [4.69, 9.17) is 0 Å². The molecule has 0 saturated heterocycles. The van der Waals surface area contributed by atoms with E-state index < -0.39 is 16.1 Å². The third kappa shape index (κ3) is 6.61. The van der Waals surface area contributed by atoms with Crippen LogP contribution >= 0.6 is 0 Å². The van der Waals surface area contributed by atoms with Crippen LogP contribution in [0.3, 0.4) is 0 Å². The van der Waals surface area contributed by atoms with Crippen molar-refractivity contribution in [3.05, 3.63) is 313 Å². The molecule has 0 aliphatic carbocycles. The fourth-order valence-corrected chi connectivity index (χ4v) is 26.4. The summed E-state index contributed by atoms with van der Waals surface area (Å²) in [5.74, 6) is 0. The van der Waals surface area contributed by atoms with Gasteiger partial charge in [-0.25, -0.2) is 0 Å². The Morgan fingerprint density at radius 1 is 0.238 bits per heavy atom. The Hall–Kier alpha value is -9.59. The van der Waals surface area contributed by atoms with Gasteiger partial charge in [-0.3, -0.25) is 0 Å². The monoisotopic (exact) mass is 1100 g/mol. The zero-order valence-electron chi connectivity index (χ0n) is 47.6. The second-order valence-electron chi connectivity index (χ2n) is 24.8. The van der Waals surface area contributed by atoms with Crippen LogP contribution < -0.4 is 51.3 Å². The lowest BCUT2D eigenvalue weighted by atomic mass is 9.73. The smallest absolute Gasteiger partial charge is 0.180 e. The van der Waals surface area contributed by atoms with E-state index in [1.807, 2.05) is 0 Å². The zero-order valence-corrected chi connectivity index (χ0v) is 49.6. The van der Waals surface area contributed by atoms with Crippen LogP contribution in [-0.4, -0.2) is 16.1 Å². The summed E-state index contributed by atoms with van der Waals surface area (Å²) in [6.45, 7) is 9.69. The molecule has 4 heteroatoms. The average Bonchev–Trinajstić information content (AvgIpc) is 1.58. The van der Waals surface area contributed by atoms with Crippen LogP contribution in [0.1, 0.15) is 49.9 Å². The van der Waals surface area contributed by atoms with Crippen molar-refractivity contribution in [3.8, 4) is 22.3 Å². The van der Waals surface area contributed by atoms with Crippen molar-refractivity contribution in [3.63, 3.8) is 0 Å². The Kier molecular flexibility index (Phi) is 10.5. The van der Waals surface area contributed by atoms with Gasteiger partial charge in [0.15, 0.2) is 16.1 Å². The third-order valence-electron chi connectivity index (χ3n) is 19.9. The number of hydrogen-bond donors (Lipinski definition) is 0. The molecular weight excluding hydrogens is 1050 g/mol. The first-order chi connectivity index (χ1) is 41.2. The molecule has 13 aromatic carbocycles. The minimum Gasteiger partial charge on any atom is -0.310 e. The molecule has 0 saturated carbocycles. The van der Waals surface area contributed by atoms with Crippen molar-refractivity contribution in [2.45, 2.75) is 38.5 Å². The molecule has 0 fully saturated rings. The molecule has 0 spiro atoms. The first-order valence-corrected chi connectivity index (χ1v) is 33.7. The van der Waals surface area contributed by atoms with Crippen molar-refractivity contribution < 1.29 is 0 Å². The Morgan fingerprint density at radius 3 is 0.952 bits per heavy atom. The standard InChI is InChI=1S/C80H60N2Si2/c1-79(2)67-35-19-21-37-71(67)81(73-51-77-65(49-69(73)79)63-33-17-23-39-75(63)83(77,59-25-9-5-10-26-59)60-27-11-6-12-28-60)57-43-41-53-46-56-48-58(44-42-54(56)45-55(53)47-57)82-72-38-22-20-36-68(72)80(3,4)70-50-66-64-34-18-24-40-76(64)84(78(66)52-74(70)82,61-29-13-7-14-30-61)62-31-15-8-16-32-62/h5-52H,1-4H3. The van der Waals surface area contributed by atoms with Crippen LogP contribution in [0.15, 0.2) is 291 Å². The molecule has 0 aromatic heterocycles. The van der Waals surface area contributed by atoms with E-state index in [-0.39, 0.29) is 10.8 Å². The molecule has 0 atom stereocenters. The lowest BCUT2D eigenvalue weighted by Crippen LogP contribution is -2.72. The number of benzene rings is 13. The number of anilines is 6. The highest BCUT2D eigenvalue weighted by Crippen LogP contribution is 2.55. The summed E-state index contributed by atoms with van der Waals surface area (Å²) in [5.41, 5.74) is 17.6. The lowest BCUT2D eigenvalue weighted by molar-refractivity contribution is 0.632. The van der Waals surface area contributed by atoms with E-state index in [9.17, 15) is 0 Å². The summed E-state index contributed by atoms with van der Waals surface area (Å²) < 4.78 is 0. The third-order valence-corrected chi connectivity index (χ3v) is 29.6. The van der Waals surface area contributed by atoms with Crippen molar-refractivity contribution in [1.29, 1.82) is 0 Å². The Bertz CT molecular complexity index is 4470. The number of nitrogens with zero attached hydrogens (tertiary/aromatic N) is 2. The van der Waals surface area contributed by atoms with Crippen molar-refractivity contribution in [2.24, 2.45) is 0 Å².